The van der Waals surface area contributed by atoms with E-state index in [9.17, 15) is 0 Å². The van der Waals surface area contributed by atoms with Crippen LogP contribution >= 0.6 is 34.8 Å². The Balaban J connectivity index is 1.87. The fourth-order valence-electron chi connectivity index (χ4n) is 1.74. The molecule has 0 bridgehead atoms. The lowest BCUT2D eigenvalue weighted by Crippen LogP contribution is -2.10. The number of anilines is 1. The van der Waals surface area contributed by atoms with Gasteiger partial charge < -0.3 is 10.5 Å². The summed E-state index contributed by atoms with van der Waals surface area (Å²) in [6.45, 7) is 2.60. The number of alkyl halides is 2. The van der Waals surface area contributed by atoms with Crippen LogP contribution in [0, 0.1) is 5.41 Å². The van der Waals surface area contributed by atoms with Gasteiger partial charge in [0, 0.05) is 11.1 Å². The number of rotatable bonds is 4. The summed E-state index contributed by atoms with van der Waals surface area (Å²) in [5.41, 5.74) is 6.17. The van der Waals surface area contributed by atoms with E-state index in [1.807, 2.05) is 0 Å². The average Bonchev–Trinajstić information content (AvgIpc) is 2.69. The van der Waals surface area contributed by atoms with E-state index < -0.39 is 4.33 Å². The van der Waals surface area contributed by atoms with Crippen LogP contribution in [-0.4, -0.2) is 10.9 Å². The maximum Gasteiger partial charge on any atom is 0.138 e. The van der Waals surface area contributed by atoms with Crippen LogP contribution in [0.1, 0.15) is 19.8 Å². The molecule has 0 amide bonds. The molecule has 0 heterocycles. The first-order valence-electron chi connectivity index (χ1n) is 5.40. The van der Waals surface area contributed by atoms with Gasteiger partial charge in [0.25, 0.3) is 0 Å². The van der Waals surface area contributed by atoms with Crippen molar-refractivity contribution < 1.29 is 4.74 Å². The highest BCUT2D eigenvalue weighted by Gasteiger charge is 2.62. The van der Waals surface area contributed by atoms with Gasteiger partial charge in [0.2, 0.25) is 0 Å². The van der Waals surface area contributed by atoms with E-state index in [2.05, 4.69) is 6.92 Å². The fourth-order valence-corrected chi connectivity index (χ4v) is 2.76. The molecule has 5 heteroatoms. The highest BCUT2D eigenvalue weighted by molar-refractivity contribution is 6.51. The highest BCUT2D eigenvalue weighted by atomic mass is 35.5. The van der Waals surface area contributed by atoms with Crippen LogP contribution < -0.4 is 10.5 Å². The van der Waals surface area contributed by atoms with Gasteiger partial charge >= 0.3 is 0 Å². The number of nitrogen functional groups attached to an aromatic ring is 1. The summed E-state index contributed by atoms with van der Waals surface area (Å²) in [6, 6.07) is 5.19. The zero-order valence-electron chi connectivity index (χ0n) is 9.47. The molecule has 1 aliphatic rings. The maximum absolute atomic E-state index is 6.05. The summed E-state index contributed by atoms with van der Waals surface area (Å²) < 4.78 is 5.00. The van der Waals surface area contributed by atoms with Crippen LogP contribution in [-0.2, 0) is 0 Å². The second-order valence-electron chi connectivity index (χ2n) is 4.73. The molecule has 1 aromatic carbocycles. The zero-order valence-corrected chi connectivity index (χ0v) is 11.7. The molecule has 1 atom stereocenters. The van der Waals surface area contributed by atoms with Gasteiger partial charge in [0.15, 0.2) is 0 Å². The SMILES string of the molecule is CC1(CCOc2ccc(N)cc2Cl)CC1(Cl)Cl. The lowest BCUT2D eigenvalue weighted by Gasteiger charge is -2.13. The van der Waals surface area contributed by atoms with Crippen LogP contribution in [0.4, 0.5) is 5.69 Å². The first-order valence-corrected chi connectivity index (χ1v) is 6.53. The third-order valence-corrected chi connectivity index (χ3v) is 4.71. The fraction of sp³-hybridized carbons (Fsp3) is 0.500. The van der Waals surface area contributed by atoms with Crippen LogP contribution in [0.25, 0.3) is 0 Å². The molecule has 2 nitrogen and oxygen atoms in total. The van der Waals surface area contributed by atoms with Crippen molar-refractivity contribution in [3.05, 3.63) is 23.2 Å². The van der Waals surface area contributed by atoms with E-state index in [4.69, 9.17) is 45.3 Å². The summed E-state index contributed by atoms with van der Waals surface area (Å²) in [7, 11) is 0. The number of benzene rings is 1. The van der Waals surface area contributed by atoms with Gasteiger partial charge in [-0.1, -0.05) is 18.5 Å². The van der Waals surface area contributed by atoms with Gasteiger partial charge in [-0.3, -0.25) is 0 Å². The molecule has 17 heavy (non-hydrogen) atoms. The van der Waals surface area contributed by atoms with Crippen LogP contribution in [0.15, 0.2) is 18.2 Å². The minimum Gasteiger partial charge on any atom is -0.492 e. The van der Waals surface area contributed by atoms with Crippen molar-refractivity contribution in [1.82, 2.24) is 0 Å². The molecule has 1 aromatic rings. The normalized spacial score (nSPS) is 25.6. The van der Waals surface area contributed by atoms with Crippen molar-refractivity contribution in [2.45, 2.75) is 24.1 Å². The standard InChI is InChI=1S/C12H14Cl3NO/c1-11(7-12(11,14)15)4-5-17-10-3-2-8(16)6-9(10)13/h2-3,6H,4-5,7,16H2,1H3. The van der Waals surface area contributed by atoms with Crippen LogP contribution in [0.3, 0.4) is 0 Å². The van der Waals surface area contributed by atoms with E-state index >= 15 is 0 Å². The van der Waals surface area contributed by atoms with Crippen molar-refractivity contribution in [2.24, 2.45) is 5.41 Å². The van der Waals surface area contributed by atoms with Crippen molar-refractivity contribution in [3.8, 4) is 5.75 Å². The molecule has 1 fully saturated rings. The Morgan fingerprint density at radius 3 is 2.59 bits per heavy atom. The van der Waals surface area contributed by atoms with Gasteiger partial charge in [-0.2, -0.15) is 0 Å². The second-order valence-corrected chi connectivity index (χ2v) is 6.62. The summed E-state index contributed by atoms with van der Waals surface area (Å²) in [5, 5.41) is 0.522. The summed E-state index contributed by atoms with van der Waals surface area (Å²) in [6.07, 6.45) is 1.61. The average molecular weight is 295 g/mol. The smallest absolute Gasteiger partial charge is 0.138 e. The molecule has 0 aromatic heterocycles. The molecule has 0 radical (unpaired) electrons. The largest absolute Gasteiger partial charge is 0.492 e. The number of hydrogen-bond donors (Lipinski definition) is 1. The molecule has 1 aliphatic carbocycles. The minimum atomic E-state index is -0.596. The molecule has 1 unspecified atom stereocenters. The third kappa shape index (κ3) is 2.75. The molecule has 1 saturated carbocycles. The van der Waals surface area contributed by atoms with E-state index in [0.717, 1.165) is 12.8 Å². The molecule has 2 rings (SSSR count). The molecule has 0 aliphatic heterocycles. The molecular formula is C12H14Cl3NO. The Hall–Kier alpha value is -0.310. The van der Waals surface area contributed by atoms with Crippen molar-refractivity contribution in [1.29, 1.82) is 0 Å². The highest BCUT2D eigenvalue weighted by Crippen LogP contribution is 2.65. The number of halogens is 3. The van der Waals surface area contributed by atoms with Gasteiger partial charge in [-0.05, 0) is 31.0 Å². The third-order valence-electron chi connectivity index (χ3n) is 3.24. The van der Waals surface area contributed by atoms with Crippen LogP contribution in [0.2, 0.25) is 5.02 Å². The molecule has 0 saturated heterocycles. The first-order chi connectivity index (χ1) is 7.84. The molecule has 2 N–H and O–H groups in total. The van der Waals surface area contributed by atoms with E-state index in [-0.39, 0.29) is 5.41 Å². The lowest BCUT2D eigenvalue weighted by molar-refractivity contribution is 0.276. The molecule has 0 spiro atoms. The van der Waals surface area contributed by atoms with Crippen molar-refractivity contribution in [3.63, 3.8) is 0 Å². The van der Waals surface area contributed by atoms with E-state index in [1.165, 1.54) is 0 Å². The maximum atomic E-state index is 6.05. The summed E-state index contributed by atoms with van der Waals surface area (Å²) >= 11 is 18.1. The van der Waals surface area contributed by atoms with Gasteiger partial charge in [0.05, 0.1) is 11.6 Å². The Bertz CT molecular complexity index is 436. The Morgan fingerprint density at radius 2 is 2.06 bits per heavy atom. The second kappa shape index (κ2) is 4.42. The lowest BCUT2D eigenvalue weighted by atomic mass is 10.1. The van der Waals surface area contributed by atoms with Crippen LogP contribution in [0.5, 0.6) is 5.75 Å². The molecule has 94 valence electrons. The number of ether oxygens (including phenoxy) is 1. The van der Waals surface area contributed by atoms with Gasteiger partial charge in [-0.25, -0.2) is 0 Å². The Labute approximate surface area is 116 Å². The van der Waals surface area contributed by atoms with E-state index in [1.54, 1.807) is 18.2 Å². The van der Waals surface area contributed by atoms with Gasteiger partial charge in [0.1, 0.15) is 10.1 Å². The predicted octanol–water partition coefficient (Wildman–Crippen LogP) is 4.28. The minimum absolute atomic E-state index is 0.0452. The zero-order chi connectivity index (χ0) is 12.7. The van der Waals surface area contributed by atoms with Gasteiger partial charge in [-0.15, -0.1) is 23.2 Å². The molecular weight excluding hydrogens is 280 g/mol. The van der Waals surface area contributed by atoms with Crippen molar-refractivity contribution in [2.75, 3.05) is 12.3 Å². The summed E-state index contributed by atoms with van der Waals surface area (Å²) in [5.74, 6) is 0.639. The number of hydrogen-bond acceptors (Lipinski definition) is 2. The summed E-state index contributed by atoms with van der Waals surface area (Å²) in [4.78, 5) is 0. The van der Waals surface area contributed by atoms with E-state index in [0.29, 0.717) is 23.1 Å². The van der Waals surface area contributed by atoms with Crippen molar-refractivity contribution >= 4 is 40.5 Å². The topological polar surface area (TPSA) is 35.2 Å². The monoisotopic (exact) mass is 293 g/mol. The Morgan fingerprint density at radius 1 is 1.41 bits per heavy atom. The quantitative estimate of drug-likeness (QED) is 0.664. The first kappa shape index (κ1) is 13.1. The Kier molecular flexibility index (Phi) is 3.41. The predicted molar refractivity (Wildman–Crippen MR) is 73.1 cm³/mol. The number of nitrogens with two attached hydrogens (primary N) is 1.